The molecule has 1 aliphatic rings. The summed E-state index contributed by atoms with van der Waals surface area (Å²) in [5.41, 5.74) is 0.614. The van der Waals surface area contributed by atoms with Crippen LogP contribution in [0, 0.1) is 22.7 Å². The van der Waals surface area contributed by atoms with Crippen LogP contribution in [0.25, 0.3) is 0 Å². The van der Waals surface area contributed by atoms with Crippen molar-refractivity contribution in [1.82, 2.24) is 4.90 Å². The first kappa shape index (κ1) is 13.2. The van der Waals surface area contributed by atoms with Gasteiger partial charge >= 0.3 is 0 Å². The standard InChI is InChI=1S/C13H13N3O3/c14-6-9-5-12(17)13(18)10(7-15)11(9)8-16-1-3-19-4-2-16/h5,17-18H,1-4,8H2. The number of hydrogen-bond donors (Lipinski definition) is 2. The minimum atomic E-state index is -0.468. The molecule has 6 heteroatoms. The van der Waals surface area contributed by atoms with Gasteiger partial charge in [0.25, 0.3) is 0 Å². The molecule has 1 heterocycles. The van der Waals surface area contributed by atoms with E-state index in [1.54, 1.807) is 0 Å². The molecule has 1 aromatic rings. The Morgan fingerprint density at radius 1 is 1.21 bits per heavy atom. The number of morpholine rings is 1. The van der Waals surface area contributed by atoms with Gasteiger partial charge in [-0.25, -0.2) is 0 Å². The number of nitrogens with zero attached hydrogens (tertiary/aromatic N) is 3. The lowest BCUT2D eigenvalue weighted by Gasteiger charge is -2.27. The zero-order valence-electron chi connectivity index (χ0n) is 10.3. The molecule has 0 radical (unpaired) electrons. The highest BCUT2D eigenvalue weighted by Crippen LogP contribution is 2.34. The van der Waals surface area contributed by atoms with E-state index >= 15 is 0 Å². The molecule has 98 valence electrons. The molecule has 2 rings (SSSR count). The van der Waals surface area contributed by atoms with Gasteiger partial charge in [-0.2, -0.15) is 10.5 Å². The van der Waals surface area contributed by atoms with Crippen LogP contribution in [0.1, 0.15) is 16.7 Å². The normalized spacial score (nSPS) is 15.7. The summed E-state index contributed by atoms with van der Waals surface area (Å²) in [6.07, 6.45) is 0. The molecule has 1 saturated heterocycles. The van der Waals surface area contributed by atoms with Crippen molar-refractivity contribution in [2.24, 2.45) is 0 Å². The minimum absolute atomic E-state index is 0.0389. The van der Waals surface area contributed by atoms with Crippen molar-refractivity contribution < 1.29 is 14.9 Å². The predicted molar refractivity (Wildman–Crippen MR) is 65.3 cm³/mol. The molecule has 0 bridgehead atoms. The van der Waals surface area contributed by atoms with Gasteiger partial charge < -0.3 is 14.9 Å². The number of rotatable bonds is 2. The number of ether oxygens (including phenoxy) is 1. The van der Waals surface area contributed by atoms with Gasteiger partial charge in [0, 0.05) is 31.3 Å². The first-order chi connectivity index (χ1) is 9.17. The summed E-state index contributed by atoms with van der Waals surface area (Å²) in [6, 6.07) is 4.98. The lowest BCUT2D eigenvalue weighted by atomic mass is 10.00. The van der Waals surface area contributed by atoms with Gasteiger partial charge in [0.15, 0.2) is 11.5 Å². The highest BCUT2D eigenvalue weighted by molar-refractivity contribution is 5.61. The van der Waals surface area contributed by atoms with Crippen LogP contribution in [0.4, 0.5) is 0 Å². The van der Waals surface area contributed by atoms with E-state index in [4.69, 9.17) is 15.3 Å². The molecule has 1 aromatic carbocycles. The lowest BCUT2D eigenvalue weighted by molar-refractivity contribution is 0.0341. The van der Waals surface area contributed by atoms with Crippen molar-refractivity contribution in [2.75, 3.05) is 26.3 Å². The van der Waals surface area contributed by atoms with Crippen LogP contribution in [0.2, 0.25) is 0 Å². The second-order valence-corrected chi connectivity index (χ2v) is 4.26. The molecular formula is C13H13N3O3. The maximum atomic E-state index is 9.70. The third-order valence-corrected chi connectivity index (χ3v) is 3.11. The van der Waals surface area contributed by atoms with Crippen molar-refractivity contribution >= 4 is 0 Å². The molecule has 0 aromatic heterocycles. The average molecular weight is 259 g/mol. The van der Waals surface area contributed by atoms with E-state index in [0.29, 0.717) is 38.4 Å². The number of aromatic hydroxyl groups is 2. The van der Waals surface area contributed by atoms with Crippen molar-refractivity contribution in [3.05, 3.63) is 22.8 Å². The zero-order chi connectivity index (χ0) is 13.8. The van der Waals surface area contributed by atoms with Crippen molar-refractivity contribution in [3.8, 4) is 23.6 Å². The van der Waals surface area contributed by atoms with Crippen LogP contribution in [-0.4, -0.2) is 41.4 Å². The fraction of sp³-hybridized carbons (Fsp3) is 0.385. The molecule has 0 spiro atoms. The SMILES string of the molecule is N#Cc1cc(O)c(O)c(C#N)c1CN1CCOCC1. The minimum Gasteiger partial charge on any atom is -0.504 e. The van der Waals surface area contributed by atoms with E-state index in [1.807, 2.05) is 17.0 Å². The second kappa shape index (κ2) is 5.57. The summed E-state index contributed by atoms with van der Waals surface area (Å²) in [7, 11) is 0. The number of benzene rings is 1. The second-order valence-electron chi connectivity index (χ2n) is 4.26. The van der Waals surface area contributed by atoms with E-state index in [-0.39, 0.29) is 11.1 Å². The maximum Gasteiger partial charge on any atom is 0.176 e. The van der Waals surface area contributed by atoms with Crippen molar-refractivity contribution in [2.45, 2.75) is 6.54 Å². The molecule has 0 unspecified atom stereocenters. The highest BCUT2D eigenvalue weighted by Gasteiger charge is 2.20. The van der Waals surface area contributed by atoms with Gasteiger partial charge in [0.2, 0.25) is 0 Å². The van der Waals surface area contributed by atoms with Gasteiger partial charge in [-0.3, -0.25) is 4.90 Å². The first-order valence-electron chi connectivity index (χ1n) is 5.85. The van der Waals surface area contributed by atoms with E-state index in [1.165, 1.54) is 6.07 Å². The molecule has 0 aliphatic carbocycles. The van der Waals surface area contributed by atoms with Gasteiger partial charge in [-0.05, 0) is 0 Å². The van der Waals surface area contributed by atoms with E-state index in [2.05, 4.69) is 0 Å². The molecule has 0 saturated carbocycles. The predicted octanol–water partition coefficient (Wildman–Crippen LogP) is 0.673. The summed E-state index contributed by atoms with van der Waals surface area (Å²) >= 11 is 0. The molecule has 1 aliphatic heterocycles. The summed E-state index contributed by atoms with van der Waals surface area (Å²) < 4.78 is 5.23. The van der Waals surface area contributed by atoms with Crippen LogP contribution in [0.15, 0.2) is 6.07 Å². The van der Waals surface area contributed by atoms with Gasteiger partial charge in [0.1, 0.15) is 11.6 Å². The Morgan fingerprint density at radius 2 is 1.89 bits per heavy atom. The Morgan fingerprint density at radius 3 is 2.47 bits per heavy atom. The van der Waals surface area contributed by atoms with Gasteiger partial charge in [-0.15, -0.1) is 0 Å². The van der Waals surface area contributed by atoms with Crippen LogP contribution in [-0.2, 0) is 11.3 Å². The lowest BCUT2D eigenvalue weighted by Crippen LogP contribution is -2.36. The maximum absolute atomic E-state index is 9.70. The molecule has 19 heavy (non-hydrogen) atoms. The number of nitriles is 2. The Labute approximate surface area is 110 Å². The Kier molecular flexibility index (Phi) is 3.86. The molecule has 0 amide bonds. The largest absolute Gasteiger partial charge is 0.504 e. The molecule has 0 atom stereocenters. The zero-order valence-corrected chi connectivity index (χ0v) is 10.3. The average Bonchev–Trinajstić information content (AvgIpc) is 2.44. The van der Waals surface area contributed by atoms with E-state index in [9.17, 15) is 10.2 Å². The molecular weight excluding hydrogens is 246 g/mol. The van der Waals surface area contributed by atoms with E-state index in [0.717, 1.165) is 0 Å². The third kappa shape index (κ3) is 2.60. The topological polar surface area (TPSA) is 101 Å². The van der Waals surface area contributed by atoms with Crippen LogP contribution >= 0.6 is 0 Å². The molecule has 2 N–H and O–H groups in total. The fourth-order valence-electron chi connectivity index (χ4n) is 2.07. The third-order valence-electron chi connectivity index (χ3n) is 3.11. The monoisotopic (exact) mass is 259 g/mol. The van der Waals surface area contributed by atoms with E-state index < -0.39 is 11.5 Å². The van der Waals surface area contributed by atoms with Crippen LogP contribution in [0.5, 0.6) is 11.5 Å². The number of phenolic OH excluding ortho intramolecular Hbond substituents is 2. The number of hydrogen-bond acceptors (Lipinski definition) is 6. The Balaban J connectivity index is 2.40. The van der Waals surface area contributed by atoms with Crippen molar-refractivity contribution in [3.63, 3.8) is 0 Å². The summed E-state index contributed by atoms with van der Waals surface area (Å²) in [5, 5.41) is 37.4. The first-order valence-corrected chi connectivity index (χ1v) is 5.85. The van der Waals surface area contributed by atoms with Crippen molar-refractivity contribution in [1.29, 1.82) is 10.5 Å². The molecule has 1 fully saturated rings. The van der Waals surface area contributed by atoms with Crippen LogP contribution < -0.4 is 0 Å². The summed E-state index contributed by atoms with van der Waals surface area (Å²) in [4.78, 5) is 2.04. The fourth-order valence-corrected chi connectivity index (χ4v) is 2.07. The summed E-state index contributed by atoms with van der Waals surface area (Å²) in [5.74, 6) is -0.913. The Hall–Kier alpha value is -2.28. The smallest absolute Gasteiger partial charge is 0.176 e. The van der Waals surface area contributed by atoms with Gasteiger partial charge in [-0.1, -0.05) is 0 Å². The van der Waals surface area contributed by atoms with Crippen LogP contribution in [0.3, 0.4) is 0 Å². The quantitative estimate of drug-likeness (QED) is 0.757. The number of phenols is 2. The van der Waals surface area contributed by atoms with Gasteiger partial charge in [0.05, 0.1) is 24.8 Å². The molecule has 6 nitrogen and oxygen atoms in total. The Bertz CT molecular complexity index is 566. The highest BCUT2D eigenvalue weighted by atomic mass is 16.5. The summed E-state index contributed by atoms with van der Waals surface area (Å²) in [6.45, 7) is 3.00.